The fraction of sp³-hybridized carbons (Fsp3) is 0.462. The summed E-state index contributed by atoms with van der Waals surface area (Å²) in [7, 11) is 0.489. The quantitative estimate of drug-likeness (QED) is 0.390. The molecular weight excluding hydrogens is 516 g/mol. The second-order valence-electron chi connectivity index (χ2n) is 9.53. The number of aromatic nitrogens is 1. The molecule has 0 unspecified atom stereocenters. The molecule has 0 radical (unpaired) electrons. The maximum atomic E-state index is 13.6. The predicted molar refractivity (Wildman–Crippen MR) is 150 cm³/mol. The van der Waals surface area contributed by atoms with Crippen molar-refractivity contribution in [3.05, 3.63) is 53.1 Å². The van der Waals surface area contributed by atoms with Crippen LogP contribution in [0.2, 0.25) is 0 Å². The van der Waals surface area contributed by atoms with Gasteiger partial charge >= 0.3 is 0 Å². The van der Waals surface area contributed by atoms with Crippen molar-refractivity contribution in [3.8, 4) is 0 Å². The standard InChI is InChI=1S/C26H34N4O3S2.ClH/c1-19-17-20(2)24-23(18-19)27-26(34-24)30(16-8-13-28(3)4)25(31)21-9-11-22(12-10-21)35(32,33)29-14-6-5-7-15-29;/h9-12,17-18H,5-8,13-16H2,1-4H3;1H. The number of nitrogens with zero attached hydrogens (tertiary/aromatic N) is 4. The van der Waals surface area contributed by atoms with Gasteiger partial charge in [0, 0.05) is 25.2 Å². The number of carbonyl (C=O) groups is 1. The molecule has 3 aromatic rings. The van der Waals surface area contributed by atoms with Crippen LogP contribution >= 0.6 is 23.7 Å². The molecule has 2 aromatic carbocycles. The minimum absolute atomic E-state index is 0. The second-order valence-corrected chi connectivity index (χ2v) is 12.4. The van der Waals surface area contributed by atoms with Crippen molar-refractivity contribution in [2.24, 2.45) is 0 Å². The number of piperidine rings is 1. The van der Waals surface area contributed by atoms with E-state index in [1.807, 2.05) is 27.1 Å². The van der Waals surface area contributed by atoms with E-state index >= 15 is 0 Å². The smallest absolute Gasteiger partial charge is 0.260 e. The Kier molecular flexibility index (Phi) is 9.51. The maximum Gasteiger partial charge on any atom is 0.260 e. The highest BCUT2D eigenvalue weighted by molar-refractivity contribution is 7.89. The van der Waals surface area contributed by atoms with Gasteiger partial charge in [0.25, 0.3) is 5.91 Å². The molecular formula is C26H35ClN4O3S2. The number of anilines is 1. The molecule has 1 aliphatic rings. The van der Waals surface area contributed by atoms with Gasteiger partial charge in [-0.05, 0) is 95.2 Å². The first-order chi connectivity index (χ1) is 16.7. The summed E-state index contributed by atoms with van der Waals surface area (Å²) in [5.41, 5.74) is 3.65. The number of thiazole rings is 1. The number of benzene rings is 2. The Labute approximate surface area is 224 Å². The van der Waals surface area contributed by atoms with E-state index in [9.17, 15) is 13.2 Å². The molecule has 4 rings (SSSR count). The molecule has 1 saturated heterocycles. The van der Waals surface area contributed by atoms with Crippen LogP contribution in [0.5, 0.6) is 0 Å². The number of amides is 1. The Bertz CT molecular complexity index is 1300. The van der Waals surface area contributed by atoms with E-state index in [0.29, 0.717) is 30.3 Å². The lowest BCUT2D eigenvalue weighted by molar-refractivity contribution is 0.0986. The molecule has 1 fully saturated rings. The number of hydrogen-bond donors (Lipinski definition) is 0. The second kappa shape index (κ2) is 12.0. The average Bonchev–Trinajstić information content (AvgIpc) is 3.26. The van der Waals surface area contributed by atoms with Crippen LogP contribution in [0.3, 0.4) is 0 Å². The van der Waals surface area contributed by atoms with Crippen molar-refractivity contribution in [1.29, 1.82) is 0 Å². The number of halogens is 1. The molecule has 1 aliphatic heterocycles. The summed E-state index contributed by atoms with van der Waals surface area (Å²) in [5.74, 6) is -0.167. The molecule has 0 bridgehead atoms. The fourth-order valence-corrected chi connectivity index (χ4v) is 7.05. The van der Waals surface area contributed by atoms with Crippen molar-refractivity contribution >= 4 is 55.0 Å². The Morgan fingerprint density at radius 2 is 1.69 bits per heavy atom. The Balaban J connectivity index is 0.00000361. The van der Waals surface area contributed by atoms with Gasteiger partial charge in [-0.2, -0.15) is 4.31 Å². The molecule has 1 aromatic heterocycles. The van der Waals surface area contributed by atoms with Gasteiger partial charge in [0.2, 0.25) is 10.0 Å². The summed E-state index contributed by atoms with van der Waals surface area (Å²) in [6.07, 6.45) is 3.64. The lowest BCUT2D eigenvalue weighted by atomic mass is 10.1. The average molecular weight is 551 g/mol. The fourth-order valence-electron chi connectivity index (χ4n) is 4.49. The van der Waals surface area contributed by atoms with Gasteiger partial charge in [-0.1, -0.05) is 23.8 Å². The van der Waals surface area contributed by atoms with Crippen LogP contribution in [0.15, 0.2) is 41.3 Å². The molecule has 0 aliphatic carbocycles. The Hall–Kier alpha value is -2.04. The molecule has 0 N–H and O–H groups in total. The molecule has 196 valence electrons. The summed E-state index contributed by atoms with van der Waals surface area (Å²) < 4.78 is 28.6. The van der Waals surface area contributed by atoms with Crippen LogP contribution < -0.4 is 4.90 Å². The molecule has 2 heterocycles. The van der Waals surface area contributed by atoms with E-state index in [1.54, 1.807) is 33.5 Å². The van der Waals surface area contributed by atoms with E-state index in [2.05, 4.69) is 17.9 Å². The van der Waals surface area contributed by atoms with E-state index < -0.39 is 10.0 Å². The zero-order chi connectivity index (χ0) is 25.2. The van der Waals surface area contributed by atoms with Gasteiger partial charge in [-0.25, -0.2) is 13.4 Å². The van der Waals surface area contributed by atoms with Gasteiger partial charge in [-0.3, -0.25) is 9.69 Å². The largest absolute Gasteiger partial charge is 0.309 e. The van der Waals surface area contributed by atoms with Crippen LogP contribution in [0.25, 0.3) is 10.2 Å². The number of sulfonamides is 1. The van der Waals surface area contributed by atoms with Crippen molar-refractivity contribution in [1.82, 2.24) is 14.2 Å². The number of hydrogen-bond acceptors (Lipinski definition) is 6. The van der Waals surface area contributed by atoms with E-state index in [0.717, 1.165) is 53.6 Å². The van der Waals surface area contributed by atoms with Crippen LogP contribution in [0, 0.1) is 13.8 Å². The minimum atomic E-state index is -3.53. The highest BCUT2D eigenvalue weighted by Crippen LogP contribution is 2.33. The first-order valence-corrected chi connectivity index (χ1v) is 14.4. The summed E-state index contributed by atoms with van der Waals surface area (Å²) in [4.78, 5) is 22.5. The van der Waals surface area contributed by atoms with Gasteiger partial charge in [0.05, 0.1) is 15.1 Å². The van der Waals surface area contributed by atoms with E-state index in [4.69, 9.17) is 4.98 Å². The number of rotatable bonds is 8. The first kappa shape index (κ1) is 28.5. The van der Waals surface area contributed by atoms with Gasteiger partial charge < -0.3 is 4.90 Å². The first-order valence-electron chi connectivity index (χ1n) is 12.1. The number of aryl methyl sites for hydroxylation is 2. The molecule has 0 saturated carbocycles. The third-order valence-electron chi connectivity index (χ3n) is 6.33. The van der Waals surface area contributed by atoms with Crippen LogP contribution in [0.1, 0.15) is 47.2 Å². The zero-order valence-corrected chi connectivity index (χ0v) is 23.8. The number of fused-ring (bicyclic) bond motifs is 1. The predicted octanol–water partition coefficient (Wildman–Crippen LogP) is 5.11. The van der Waals surface area contributed by atoms with Gasteiger partial charge in [-0.15, -0.1) is 12.4 Å². The zero-order valence-electron chi connectivity index (χ0n) is 21.4. The van der Waals surface area contributed by atoms with Crippen molar-refractivity contribution in [2.75, 3.05) is 45.2 Å². The SMILES string of the molecule is Cc1cc(C)c2sc(N(CCCN(C)C)C(=O)c3ccc(S(=O)(=O)N4CCCCC4)cc3)nc2c1.Cl. The molecule has 10 heteroatoms. The van der Waals surface area contributed by atoms with Crippen LogP contribution in [0.4, 0.5) is 5.13 Å². The molecule has 1 amide bonds. The van der Waals surface area contributed by atoms with E-state index in [1.165, 1.54) is 11.3 Å². The van der Waals surface area contributed by atoms with Crippen molar-refractivity contribution in [2.45, 2.75) is 44.4 Å². The normalized spacial score (nSPS) is 14.7. The number of carbonyl (C=O) groups excluding carboxylic acids is 1. The molecule has 7 nitrogen and oxygen atoms in total. The summed E-state index contributed by atoms with van der Waals surface area (Å²) in [5, 5.41) is 0.669. The third-order valence-corrected chi connectivity index (χ3v) is 9.47. The van der Waals surface area contributed by atoms with E-state index in [-0.39, 0.29) is 23.2 Å². The summed E-state index contributed by atoms with van der Waals surface area (Å²) in [6.45, 7) is 6.60. The molecule has 36 heavy (non-hydrogen) atoms. The summed E-state index contributed by atoms with van der Waals surface area (Å²) in [6, 6.07) is 10.5. The molecule has 0 spiro atoms. The van der Waals surface area contributed by atoms with Gasteiger partial charge in [0.15, 0.2) is 5.13 Å². The topological polar surface area (TPSA) is 73.8 Å². The lowest BCUT2D eigenvalue weighted by Gasteiger charge is -2.26. The highest BCUT2D eigenvalue weighted by atomic mass is 35.5. The Morgan fingerprint density at radius 1 is 1.03 bits per heavy atom. The van der Waals surface area contributed by atoms with Crippen LogP contribution in [-0.2, 0) is 10.0 Å². The third kappa shape index (κ3) is 6.26. The monoisotopic (exact) mass is 550 g/mol. The summed E-state index contributed by atoms with van der Waals surface area (Å²) >= 11 is 1.53. The Morgan fingerprint density at radius 3 is 2.33 bits per heavy atom. The van der Waals surface area contributed by atoms with Crippen molar-refractivity contribution < 1.29 is 13.2 Å². The maximum absolute atomic E-state index is 13.6. The van der Waals surface area contributed by atoms with Crippen LogP contribution in [-0.4, -0.2) is 68.8 Å². The minimum Gasteiger partial charge on any atom is -0.309 e. The van der Waals surface area contributed by atoms with Crippen molar-refractivity contribution in [3.63, 3.8) is 0 Å². The van der Waals surface area contributed by atoms with Gasteiger partial charge in [0.1, 0.15) is 0 Å². The highest BCUT2D eigenvalue weighted by Gasteiger charge is 2.27. The lowest BCUT2D eigenvalue weighted by Crippen LogP contribution is -2.35. The molecule has 0 atom stereocenters.